The minimum atomic E-state index is -0.440. The van der Waals surface area contributed by atoms with E-state index in [1.165, 1.54) is 19.2 Å². The topological polar surface area (TPSA) is 90.4 Å². The van der Waals surface area contributed by atoms with Gasteiger partial charge in [-0.05, 0) is 6.42 Å². The fourth-order valence-corrected chi connectivity index (χ4v) is 1.72. The lowest BCUT2D eigenvalue weighted by Gasteiger charge is -2.17. The van der Waals surface area contributed by atoms with Crippen molar-refractivity contribution in [1.29, 1.82) is 0 Å². The second-order valence-corrected chi connectivity index (χ2v) is 4.04. The zero-order valence-electron chi connectivity index (χ0n) is 10.7. The van der Waals surface area contributed by atoms with Crippen LogP contribution in [0, 0.1) is 10.1 Å². The number of nitro groups is 1. The van der Waals surface area contributed by atoms with Crippen LogP contribution in [0.3, 0.4) is 0 Å². The van der Waals surface area contributed by atoms with Crippen LogP contribution in [0.25, 0.3) is 0 Å². The number of ether oxygens (including phenoxy) is 1. The largest absolute Gasteiger partial charge is 0.496 e. The number of anilines is 1. The van der Waals surface area contributed by atoms with Crippen LogP contribution < -0.4 is 15.8 Å². The van der Waals surface area contributed by atoms with Crippen molar-refractivity contribution < 1.29 is 9.66 Å². The summed E-state index contributed by atoms with van der Waals surface area (Å²) in [5.74, 6) is 0.457. The Bertz CT molecular complexity index is 410. The molecule has 6 nitrogen and oxygen atoms in total. The average Bonchev–Trinajstić information content (AvgIpc) is 2.37. The van der Waals surface area contributed by atoms with E-state index in [1.54, 1.807) is 6.07 Å². The van der Waals surface area contributed by atoms with Gasteiger partial charge in [0, 0.05) is 30.4 Å². The molecular weight excluding hydrogens is 234 g/mol. The predicted molar refractivity (Wildman–Crippen MR) is 71.0 cm³/mol. The molecule has 3 N–H and O–H groups in total. The number of benzene rings is 1. The zero-order chi connectivity index (χ0) is 13.5. The quantitative estimate of drug-likeness (QED) is 0.574. The summed E-state index contributed by atoms with van der Waals surface area (Å²) >= 11 is 0. The molecule has 0 fully saturated rings. The van der Waals surface area contributed by atoms with Gasteiger partial charge in [-0.2, -0.15) is 0 Å². The van der Waals surface area contributed by atoms with Crippen molar-refractivity contribution in [1.82, 2.24) is 0 Å². The monoisotopic (exact) mass is 253 g/mol. The summed E-state index contributed by atoms with van der Waals surface area (Å²) in [5, 5.41) is 14.0. The summed E-state index contributed by atoms with van der Waals surface area (Å²) in [6, 6.07) is 4.72. The van der Waals surface area contributed by atoms with Gasteiger partial charge in [-0.25, -0.2) is 0 Å². The fourth-order valence-electron chi connectivity index (χ4n) is 1.72. The van der Waals surface area contributed by atoms with E-state index in [2.05, 4.69) is 12.2 Å². The highest BCUT2D eigenvalue weighted by Crippen LogP contribution is 2.26. The Labute approximate surface area is 106 Å². The highest BCUT2D eigenvalue weighted by atomic mass is 16.6. The van der Waals surface area contributed by atoms with E-state index < -0.39 is 4.92 Å². The first-order valence-corrected chi connectivity index (χ1v) is 5.90. The molecule has 0 aromatic heterocycles. The van der Waals surface area contributed by atoms with E-state index in [4.69, 9.17) is 10.5 Å². The van der Waals surface area contributed by atoms with Gasteiger partial charge >= 0.3 is 0 Å². The molecule has 0 aliphatic rings. The molecule has 0 aliphatic carbocycles. The summed E-state index contributed by atoms with van der Waals surface area (Å²) in [7, 11) is 1.48. The first kappa shape index (κ1) is 14.2. The third kappa shape index (κ3) is 3.89. The second kappa shape index (κ2) is 6.80. The van der Waals surface area contributed by atoms with Crippen LogP contribution in [0.2, 0.25) is 0 Å². The molecular formula is C12H19N3O3. The van der Waals surface area contributed by atoms with Crippen molar-refractivity contribution in [2.45, 2.75) is 25.8 Å². The van der Waals surface area contributed by atoms with Gasteiger partial charge in [-0.15, -0.1) is 0 Å². The second-order valence-electron chi connectivity index (χ2n) is 4.04. The van der Waals surface area contributed by atoms with Crippen molar-refractivity contribution in [3.05, 3.63) is 28.3 Å². The molecule has 1 aromatic rings. The summed E-state index contributed by atoms with van der Waals surface area (Å²) in [6.07, 6.45) is 1.92. The molecule has 18 heavy (non-hydrogen) atoms. The molecule has 0 spiro atoms. The van der Waals surface area contributed by atoms with E-state index in [1.807, 2.05) is 0 Å². The first-order chi connectivity index (χ1) is 8.60. The number of nitrogens with two attached hydrogens (primary N) is 1. The van der Waals surface area contributed by atoms with Gasteiger partial charge < -0.3 is 15.8 Å². The Balaban J connectivity index is 2.93. The van der Waals surface area contributed by atoms with Crippen molar-refractivity contribution in [2.24, 2.45) is 5.73 Å². The van der Waals surface area contributed by atoms with Gasteiger partial charge in [0.25, 0.3) is 5.69 Å². The molecule has 1 unspecified atom stereocenters. The van der Waals surface area contributed by atoms with Crippen LogP contribution in [0.4, 0.5) is 11.4 Å². The van der Waals surface area contributed by atoms with Crippen molar-refractivity contribution in [3.63, 3.8) is 0 Å². The summed E-state index contributed by atoms with van der Waals surface area (Å²) in [4.78, 5) is 10.4. The number of non-ortho nitro benzene ring substituents is 1. The van der Waals surface area contributed by atoms with Crippen LogP contribution in [0.1, 0.15) is 19.8 Å². The Morgan fingerprint density at radius 1 is 1.50 bits per heavy atom. The lowest BCUT2D eigenvalue weighted by atomic mass is 10.1. The molecule has 1 rings (SSSR count). The summed E-state index contributed by atoms with van der Waals surface area (Å²) in [5.41, 5.74) is 6.31. The smallest absolute Gasteiger partial charge is 0.275 e. The molecule has 6 heteroatoms. The third-order valence-corrected chi connectivity index (χ3v) is 2.63. The number of nitrogens with one attached hydrogen (secondary N) is 1. The van der Waals surface area contributed by atoms with E-state index in [0.29, 0.717) is 18.0 Å². The van der Waals surface area contributed by atoms with Crippen molar-refractivity contribution in [3.8, 4) is 5.75 Å². The molecule has 0 saturated carbocycles. The molecule has 0 amide bonds. The van der Waals surface area contributed by atoms with Crippen LogP contribution >= 0.6 is 0 Å². The Morgan fingerprint density at radius 3 is 2.72 bits per heavy atom. The minimum absolute atomic E-state index is 0.00381. The predicted octanol–water partition coefficient (Wildman–Crippen LogP) is 2.14. The molecule has 0 heterocycles. The van der Waals surface area contributed by atoms with Crippen LogP contribution in [-0.2, 0) is 0 Å². The average molecular weight is 253 g/mol. The van der Waals surface area contributed by atoms with Gasteiger partial charge in [0.2, 0.25) is 0 Å². The summed E-state index contributed by atoms with van der Waals surface area (Å²) in [6.45, 7) is 2.55. The maximum absolute atomic E-state index is 10.8. The lowest BCUT2D eigenvalue weighted by molar-refractivity contribution is -0.384. The van der Waals surface area contributed by atoms with Crippen LogP contribution in [0.15, 0.2) is 18.2 Å². The maximum atomic E-state index is 10.8. The molecule has 100 valence electrons. The normalized spacial score (nSPS) is 11.9. The number of rotatable bonds is 7. The fraction of sp³-hybridized carbons (Fsp3) is 0.500. The van der Waals surface area contributed by atoms with Gasteiger partial charge in [0.1, 0.15) is 5.75 Å². The van der Waals surface area contributed by atoms with E-state index in [9.17, 15) is 10.1 Å². The van der Waals surface area contributed by atoms with Gasteiger partial charge in [-0.1, -0.05) is 13.3 Å². The highest BCUT2D eigenvalue weighted by molar-refractivity contribution is 5.56. The molecule has 0 radical (unpaired) electrons. The van der Waals surface area contributed by atoms with Crippen molar-refractivity contribution >= 4 is 11.4 Å². The lowest BCUT2D eigenvalue weighted by Crippen LogP contribution is -2.28. The van der Waals surface area contributed by atoms with Gasteiger partial charge in [-0.3, -0.25) is 10.1 Å². The minimum Gasteiger partial charge on any atom is -0.496 e. The Morgan fingerprint density at radius 2 is 2.22 bits per heavy atom. The SMILES string of the molecule is CCCC(CN)Nc1cc(OC)cc([N+](=O)[O-])c1. The zero-order valence-corrected chi connectivity index (χ0v) is 10.7. The van der Waals surface area contributed by atoms with Crippen LogP contribution in [0.5, 0.6) is 5.75 Å². The van der Waals surface area contributed by atoms with E-state index in [-0.39, 0.29) is 11.7 Å². The van der Waals surface area contributed by atoms with E-state index in [0.717, 1.165) is 12.8 Å². The summed E-state index contributed by atoms with van der Waals surface area (Å²) < 4.78 is 5.05. The van der Waals surface area contributed by atoms with Gasteiger partial charge in [0.15, 0.2) is 0 Å². The van der Waals surface area contributed by atoms with Crippen molar-refractivity contribution in [2.75, 3.05) is 19.0 Å². The molecule has 0 aliphatic heterocycles. The van der Waals surface area contributed by atoms with E-state index >= 15 is 0 Å². The molecule has 1 aromatic carbocycles. The maximum Gasteiger partial charge on any atom is 0.275 e. The number of methoxy groups -OCH3 is 1. The third-order valence-electron chi connectivity index (χ3n) is 2.63. The Hall–Kier alpha value is -1.82. The number of hydrogen-bond acceptors (Lipinski definition) is 5. The number of nitro benzene ring substituents is 1. The standard InChI is InChI=1S/C12H19N3O3/c1-3-4-9(8-13)14-10-5-11(15(16)17)7-12(6-10)18-2/h5-7,9,14H,3-4,8,13H2,1-2H3. The number of nitrogens with zero attached hydrogens (tertiary/aromatic N) is 1. The Kier molecular flexibility index (Phi) is 5.38. The molecule has 0 bridgehead atoms. The van der Waals surface area contributed by atoms with Gasteiger partial charge in [0.05, 0.1) is 18.1 Å². The molecule has 1 atom stereocenters. The van der Waals surface area contributed by atoms with Crippen LogP contribution in [-0.4, -0.2) is 24.6 Å². The molecule has 0 saturated heterocycles. The number of hydrogen-bond donors (Lipinski definition) is 2. The highest BCUT2D eigenvalue weighted by Gasteiger charge is 2.12. The first-order valence-electron chi connectivity index (χ1n) is 5.90.